The van der Waals surface area contributed by atoms with Crippen molar-refractivity contribution < 1.29 is 12.9 Å². The molecule has 0 spiro atoms. The predicted octanol–water partition coefficient (Wildman–Crippen LogP) is 2.34. The van der Waals surface area contributed by atoms with Crippen LogP contribution in [0.25, 0.3) is 11.1 Å². The standard InChI is InChI=1S/C13H16N2O3S/c1-8-5-4-6-10(7-8)11-12(18-15-13(11)14)9(2)19(3,16)17/h4-7,9H,1-3H3,(H2,14,15). The molecule has 1 aromatic heterocycles. The third-order valence-electron chi connectivity index (χ3n) is 3.06. The van der Waals surface area contributed by atoms with Crippen molar-refractivity contribution in [2.75, 3.05) is 12.0 Å². The van der Waals surface area contributed by atoms with Gasteiger partial charge in [-0.2, -0.15) is 0 Å². The van der Waals surface area contributed by atoms with Gasteiger partial charge in [0, 0.05) is 6.26 Å². The second-order valence-electron chi connectivity index (χ2n) is 4.65. The zero-order valence-electron chi connectivity index (χ0n) is 11.0. The number of anilines is 1. The third-order valence-corrected chi connectivity index (χ3v) is 4.56. The molecule has 0 aliphatic rings. The Morgan fingerprint density at radius 2 is 2.05 bits per heavy atom. The summed E-state index contributed by atoms with van der Waals surface area (Å²) in [7, 11) is -3.27. The van der Waals surface area contributed by atoms with Gasteiger partial charge in [-0.15, -0.1) is 0 Å². The highest BCUT2D eigenvalue weighted by Crippen LogP contribution is 2.36. The molecule has 0 aliphatic carbocycles. The van der Waals surface area contributed by atoms with Crippen molar-refractivity contribution in [3.8, 4) is 11.1 Å². The van der Waals surface area contributed by atoms with Gasteiger partial charge in [0.05, 0.1) is 5.56 Å². The molecule has 0 fully saturated rings. The van der Waals surface area contributed by atoms with Crippen LogP contribution in [-0.2, 0) is 9.84 Å². The maximum Gasteiger partial charge on any atom is 0.175 e. The number of hydrogen-bond acceptors (Lipinski definition) is 5. The lowest BCUT2D eigenvalue weighted by Gasteiger charge is -2.08. The van der Waals surface area contributed by atoms with Gasteiger partial charge < -0.3 is 10.3 Å². The zero-order valence-corrected chi connectivity index (χ0v) is 11.9. The minimum absolute atomic E-state index is 0.205. The molecule has 0 aliphatic heterocycles. The van der Waals surface area contributed by atoms with Crippen molar-refractivity contribution in [2.24, 2.45) is 0 Å². The van der Waals surface area contributed by atoms with Gasteiger partial charge >= 0.3 is 0 Å². The molecule has 0 bridgehead atoms. The van der Waals surface area contributed by atoms with Gasteiger partial charge in [0.2, 0.25) is 0 Å². The molecule has 0 amide bonds. The molecule has 0 saturated heterocycles. The van der Waals surface area contributed by atoms with E-state index < -0.39 is 15.1 Å². The van der Waals surface area contributed by atoms with E-state index in [1.54, 1.807) is 6.92 Å². The van der Waals surface area contributed by atoms with Crippen LogP contribution in [0, 0.1) is 6.92 Å². The van der Waals surface area contributed by atoms with Crippen LogP contribution in [-0.4, -0.2) is 19.8 Å². The monoisotopic (exact) mass is 280 g/mol. The number of aryl methyl sites for hydroxylation is 1. The first kappa shape index (κ1) is 13.6. The van der Waals surface area contributed by atoms with E-state index in [9.17, 15) is 8.42 Å². The number of benzene rings is 1. The van der Waals surface area contributed by atoms with E-state index in [-0.39, 0.29) is 11.6 Å². The average molecular weight is 280 g/mol. The van der Waals surface area contributed by atoms with Gasteiger partial charge in [0.25, 0.3) is 0 Å². The predicted molar refractivity (Wildman–Crippen MR) is 74.3 cm³/mol. The SMILES string of the molecule is Cc1cccc(-c2c(N)noc2C(C)S(C)(=O)=O)c1. The third kappa shape index (κ3) is 2.63. The van der Waals surface area contributed by atoms with E-state index in [4.69, 9.17) is 10.3 Å². The number of nitrogens with two attached hydrogens (primary N) is 1. The molecule has 2 N–H and O–H groups in total. The molecular formula is C13H16N2O3S. The Labute approximate surface area is 112 Å². The van der Waals surface area contributed by atoms with Gasteiger partial charge in [0.1, 0.15) is 5.25 Å². The number of rotatable bonds is 3. The fourth-order valence-corrected chi connectivity index (χ4v) is 2.43. The van der Waals surface area contributed by atoms with Crippen LogP contribution in [0.3, 0.4) is 0 Å². The van der Waals surface area contributed by atoms with Crippen molar-refractivity contribution in [3.63, 3.8) is 0 Å². The minimum atomic E-state index is -3.27. The lowest BCUT2D eigenvalue weighted by atomic mass is 10.0. The maximum absolute atomic E-state index is 11.7. The average Bonchev–Trinajstić information content (AvgIpc) is 2.68. The van der Waals surface area contributed by atoms with Gasteiger partial charge in [-0.05, 0) is 19.4 Å². The Kier molecular flexibility index (Phi) is 3.36. The van der Waals surface area contributed by atoms with Crippen LogP contribution < -0.4 is 5.73 Å². The first-order chi connectivity index (χ1) is 8.80. The first-order valence-corrected chi connectivity index (χ1v) is 7.77. The second kappa shape index (κ2) is 4.70. The van der Waals surface area contributed by atoms with Crippen molar-refractivity contribution in [1.29, 1.82) is 0 Å². The van der Waals surface area contributed by atoms with Crippen molar-refractivity contribution in [1.82, 2.24) is 5.16 Å². The smallest absolute Gasteiger partial charge is 0.175 e. The lowest BCUT2D eigenvalue weighted by Crippen LogP contribution is -2.08. The quantitative estimate of drug-likeness (QED) is 0.932. The fourth-order valence-electron chi connectivity index (χ4n) is 1.88. The molecule has 102 valence electrons. The van der Waals surface area contributed by atoms with Crippen LogP contribution in [0.1, 0.15) is 23.5 Å². The topological polar surface area (TPSA) is 86.2 Å². The Balaban J connectivity index is 2.62. The number of nitrogen functional groups attached to an aromatic ring is 1. The molecule has 6 heteroatoms. The summed E-state index contributed by atoms with van der Waals surface area (Å²) in [6.07, 6.45) is 1.16. The van der Waals surface area contributed by atoms with Gasteiger partial charge in [0.15, 0.2) is 21.4 Å². The Bertz CT molecular complexity index is 704. The zero-order chi connectivity index (χ0) is 14.2. The number of hydrogen-bond donors (Lipinski definition) is 1. The van der Waals surface area contributed by atoms with Crippen LogP contribution in [0.4, 0.5) is 5.82 Å². The van der Waals surface area contributed by atoms with Crippen molar-refractivity contribution in [2.45, 2.75) is 19.1 Å². The van der Waals surface area contributed by atoms with E-state index in [0.717, 1.165) is 17.4 Å². The lowest BCUT2D eigenvalue weighted by molar-refractivity contribution is 0.385. The summed E-state index contributed by atoms with van der Waals surface area (Å²) >= 11 is 0. The normalized spacial score (nSPS) is 13.4. The molecule has 1 atom stereocenters. The molecule has 1 heterocycles. The molecule has 1 unspecified atom stereocenters. The number of aromatic nitrogens is 1. The fraction of sp³-hybridized carbons (Fsp3) is 0.308. The highest BCUT2D eigenvalue weighted by atomic mass is 32.2. The van der Waals surface area contributed by atoms with Crippen LogP contribution in [0.5, 0.6) is 0 Å². The molecule has 0 radical (unpaired) electrons. The van der Waals surface area contributed by atoms with Gasteiger partial charge in [-0.25, -0.2) is 8.42 Å². The largest absolute Gasteiger partial charge is 0.380 e. The van der Waals surface area contributed by atoms with Gasteiger partial charge in [-0.1, -0.05) is 35.0 Å². The number of nitrogens with zero attached hydrogens (tertiary/aromatic N) is 1. The van der Waals surface area contributed by atoms with Crippen LogP contribution in [0.15, 0.2) is 28.8 Å². The van der Waals surface area contributed by atoms with Crippen molar-refractivity contribution in [3.05, 3.63) is 35.6 Å². The summed E-state index contributed by atoms with van der Waals surface area (Å²) < 4.78 is 28.4. The van der Waals surface area contributed by atoms with Crippen LogP contribution >= 0.6 is 0 Å². The Hall–Kier alpha value is -1.82. The number of sulfone groups is 1. The summed E-state index contributed by atoms with van der Waals surface area (Å²) in [5.41, 5.74) is 8.22. The van der Waals surface area contributed by atoms with E-state index >= 15 is 0 Å². The Morgan fingerprint density at radius 1 is 1.37 bits per heavy atom. The second-order valence-corrected chi connectivity index (χ2v) is 7.01. The molecule has 2 rings (SSSR count). The maximum atomic E-state index is 11.7. The summed E-state index contributed by atoms with van der Waals surface area (Å²) in [6.45, 7) is 3.52. The summed E-state index contributed by atoms with van der Waals surface area (Å²) in [5, 5.41) is 2.91. The summed E-state index contributed by atoms with van der Waals surface area (Å²) in [5.74, 6) is 0.488. The molecule has 5 nitrogen and oxygen atoms in total. The molecule has 1 aromatic carbocycles. The van der Waals surface area contributed by atoms with E-state index in [0.29, 0.717) is 5.56 Å². The van der Waals surface area contributed by atoms with Crippen molar-refractivity contribution >= 4 is 15.7 Å². The minimum Gasteiger partial charge on any atom is -0.380 e. The molecule has 2 aromatic rings. The van der Waals surface area contributed by atoms with Gasteiger partial charge in [-0.3, -0.25) is 0 Å². The summed E-state index contributed by atoms with van der Waals surface area (Å²) in [4.78, 5) is 0. The van der Waals surface area contributed by atoms with E-state index in [2.05, 4.69) is 5.16 Å². The molecule has 0 saturated carbocycles. The molecule has 19 heavy (non-hydrogen) atoms. The van der Waals surface area contributed by atoms with E-state index in [1.165, 1.54) is 0 Å². The Morgan fingerprint density at radius 3 is 2.63 bits per heavy atom. The highest BCUT2D eigenvalue weighted by Gasteiger charge is 2.27. The summed E-state index contributed by atoms with van der Waals surface area (Å²) in [6, 6.07) is 7.61. The highest BCUT2D eigenvalue weighted by molar-refractivity contribution is 7.90. The molecular weight excluding hydrogens is 264 g/mol. The van der Waals surface area contributed by atoms with E-state index in [1.807, 2.05) is 31.2 Å². The van der Waals surface area contributed by atoms with Crippen LogP contribution in [0.2, 0.25) is 0 Å². The first-order valence-electron chi connectivity index (χ1n) is 5.81.